The number of fused-ring (bicyclic) bond motifs is 1. The van der Waals surface area contributed by atoms with Gasteiger partial charge in [0.2, 0.25) is 10.1 Å². The van der Waals surface area contributed by atoms with E-state index in [1.165, 1.54) is 33.7 Å². The summed E-state index contributed by atoms with van der Waals surface area (Å²) in [6.45, 7) is 4.06. The van der Waals surface area contributed by atoms with Gasteiger partial charge in [-0.1, -0.05) is 23.5 Å². The number of anilines is 1. The molecule has 1 saturated heterocycles. The third kappa shape index (κ3) is 4.28. The third-order valence-corrected chi connectivity index (χ3v) is 5.87. The van der Waals surface area contributed by atoms with E-state index in [4.69, 9.17) is 4.74 Å². The Bertz CT molecular complexity index is 945. The summed E-state index contributed by atoms with van der Waals surface area (Å²) < 4.78 is 6.57. The van der Waals surface area contributed by atoms with E-state index in [2.05, 4.69) is 32.4 Å². The Morgan fingerprint density at radius 3 is 2.70 bits per heavy atom. The van der Waals surface area contributed by atoms with Gasteiger partial charge < -0.3 is 10.1 Å². The van der Waals surface area contributed by atoms with Crippen molar-refractivity contribution in [3.8, 4) is 5.75 Å². The van der Waals surface area contributed by atoms with E-state index in [9.17, 15) is 4.79 Å². The van der Waals surface area contributed by atoms with Crippen LogP contribution < -0.4 is 15.6 Å². The zero-order chi connectivity index (χ0) is 18.6. The molecule has 1 aliphatic rings. The molecule has 0 amide bonds. The average Bonchev–Trinajstić information content (AvgIpc) is 3.13. The number of likely N-dealkylation sites (tertiary alicyclic amines) is 1. The van der Waals surface area contributed by atoms with Crippen LogP contribution in [-0.2, 0) is 6.54 Å². The standard InChI is InChI=1S/C19H23N5O2S/c1-26-16-4-2-15(3-5-16)13-23-10-7-14(8-11-23)12-21-18-22-24-17(25)6-9-20-19(24)27-18/h2-6,9,14H,7-8,10-13H2,1H3,(H,21,22). The predicted octanol–water partition coefficient (Wildman–Crippen LogP) is 2.48. The second kappa shape index (κ2) is 8.06. The summed E-state index contributed by atoms with van der Waals surface area (Å²) in [6.07, 6.45) is 3.84. The van der Waals surface area contributed by atoms with Crippen LogP contribution in [0.15, 0.2) is 41.3 Å². The molecule has 7 nitrogen and oxygen atoms in total. The van der Waals surface area contributed by atoms with Gasteiger partial charge in [-0.25, -0.2) is 4.98 Å². The fraction of sp³-hybridized carbons (Fsp3) is 0.421. The number of nitrogens with zero attached hydrogens (tertiary/aromatic N) is 4. The summed E-state index contributed by atoms with van der Waals surface area (Å²) in [7, 11) is 1.69. The molecule has 2 aromatic heterocycles. The number of piperidine rings is 1. The minimum absolute atomic E-state index is 0.142. The molecule has 0 atom stereocenters. The van der Waals surface area contributed by atoms with E-state index in [-0.39, 0.29) is 5.56 Å². The Morgan fingerprint density at radius 2 is 2.00 bits per heavy atom. The fourth-order valence-corrected chi connectivity index (χ4v) is 4.17. The lowest BCUT2D eigenvalue weighted by Crippen LogP contribution is -2.35. The van der Waals surface area contributed by atoms with Crippen LogP contribution in [-0.4, -0.2) is 46.2 Å². The predicted molar refractivity (Wildman–Crippen MR) is 107 cm³/mol. The number of ether oxygens (including phenoxy) is 1. The molecular formula is C19H23N5O2S. The maximum absolute atomic E-state index is 11.7. The molecular weight excluding hydrogens is 362 g/mol. The normalized spacial score (nSPS) is 15.9. The Morgan fingerprint density at radius 1 is 1.22 bits per heavy atom. The van der Waals surface area contributed by atoms with Gasteiger partial charge in [-0.05, 0) is 49.5 Å². The van der Waals surface area contributed by atoms with E-state index in [1.54, 1.807) is 7.11 Å². The summed E-state index contributed by atoms with van der Waals surface area (Å²) in [4.78, 5) is 19.1. The lowest BCUT2D eigenvalue weighted by atomic mass is 9.96. The highest BCUT2D eigenvalue weighted by atomic mass is 32.1. The van der Waals surface area contributed by atoms with Crippen LogP contribution >= 0.6 is 11.3 Å². The zero-order valence-electron chi connectivity index (χ0n) is 15.3. The monoisotopic (exact) mass is 385 g/mol. The zero-order valence-corrected chi connectivity index (χ0v) is 16.1. The molecule has 27 heavy (non-hydrogen) atoms. The van der Waals surface area contributed by atoms with Gasteiger partial charge in [-0.2, -0.15) is 4.52 Å². The highest BCUT2D eigenvalue weighted by molar-refractivity contribution is 7.20. The van der Waals surface area contributed by atoms with Crippen molar-refractivity contribution in [1.29, 1.82) is 0 Å². The number of aromatic nitrogens is 3. The molecule has 1 fully saturated rings. The van der Waals surface area contributed by atoms with Crippen molar-refractivity contribution in [2.24, 2.45) is 5.92 Å². The first kappa shape index (κ1) is 17.9. The van der Waals surface area contributed by atoms with Crippen molar-refractivity contribution in [3.63, 3.8) is 0 Å². The van der Waals surface area contributed by atoms with Crippen molar-refractivity contribution >= 4 is 21.4 Å². The van der Waals surface area contributed by atoms with Gasteiger partial charge in [0.25, 0.3) is 5.56 Å². The Hall–Kier alpha value is -2.45. The second-order valence-electron chi connectivity index (χ2n) is 6.83. The summed E-state index contributed by atoms with van der Waals surface area (Å²) in [6, 6.07) is 9.73. The minimum atomic E-state index is -0.142. The van der Waals surface area contributed by atoms with Crippen LogP contribution in [0.5, 0.6) is 5.75 Å². The van der Waals surface area contributed by atoms with Crippen molar-refractivity contribution < 1.29 is 4.74 Å². The Kier molecular flexibility index (Phi) is 5.35. The van der Waals surface area contributed by atoms with E-state index in [0.717, 1.165) is 49.9 Å². The summed E-state index contributed by atoms with van der Waals surface area (Å²) in [5.74, 6) is 1.52. The lowest BCUT2D eigenvalue weighted by Gasteiger charge is -2.32. The molecule has 1 N–H and O–H groups in total. The smallest absolute Gasteiger partial charge is 0.275 e. The average molecular weight is 385 g/mol. The van der Waals surface area contributed by atoms with Gasteiger partial charge >= 0.3 is 0 Å². The summed E-state index contributed by atoms with van der Waals surface area (Å²) in [5, 5.41) is 8.45. The van der Waals surface area contributed by atoms with Crippen LogP contribution in [0.4, 0.5) is 5.13 Å². The van der Waals surface area contributed by atoms with Crippen molar-refractivity contribution in [2.45, 2.75) is 19.4 Å². The van der Waals surface area contributed by atoms with Gasteiger partial charge in [-0.15, -0.1) is 5.10 Å². The SMILES string of the molecule is COc1ccc(CN2CCC(CNc3nn4c(=O)ccnc4s3)CC2)cc1. The quantitative estimate of drug-likeness (QED) is 0.703. The first-order chi connectivity index (χ1) is 13.2. The van der Waals surface area contributed by atoms with Crippen LogP contribution in [0.1, 0.15) is 18.4 Å². The topological polar surface area (TPSA) is 71.8 Å². The van der Waals surface area contributed by atoms with Crippen LogP contribution in [0.2, 0.25) is 0 Å². The van der Waals surface area contributed by atoms with Crippen molar-refractivity contribution in [2.75, 3.05) is 32.1 Å². The van der Waals surface area contributed by atoms with Gasteiger partial charge in [-0.3, -0.25) is 9.69 Å². The van der Waals surface area contributed by atoms with Gasteiger partial charge in [0, 0.05) is 25.4 Å². The molecule has 1 aliphatic heterocycles. The second-order valence-corrected chi connectivity index (χ2v) is 7.79. The molecule has 142 valence electrons. The maximum atomic E-state index is 11.7. The molecule has 0 radical (unpaired) electrons. The molecule has 0 saturated carbocycles. The lowest BCUT2D eigenvalue weighted by molar-refractivity contribution is 0.182. The van der Waals surface area contributed by atoms with E-state index < -0.39 is 0 Å². The van der Waals surface area contributed by atoms with Crippen LogP contribution in [0.3, 0.4) is 0 Å². The number of hydrogen-bond acceptors (Lipinski definition) is 7. The van der Waals surface area contributed by atoms with E-state index >= 15 is 0 Å². The minimum Gasteiger partial charge on any atom is -0.497 e. The number of methoxy groups -OCH3 is 1. The van der Waals surface area contributed by atoms with E-state index in [1.807, 2.05) is 12.1 Å². The molecule has 8 heteroatoms. The first-order valence-corrected chi connectivity index (χ1v) is 9.97. The number of rotatable bonds is 6. The molecule has 4 rings (SSSR count). The van der Waals surface area contributed by atoms with Crippen LogP contribution in [0, 0.1) is 5.92 Å². The fourth-order valence-electron chi connectivity index (χ4n) is 3.38. The molecule has 3 heterocycles. The maximum Gasteiger partial charge on any atom is 0.275 e. The largest absolute Gasteiger partial charge is 0.497 e. The van der Waals surface area contributed by atoms with Crippen molar-refractivity contribution in [3.05, 3.63) is 52.4 Å². The highest BCUT2D eigenvalue weighted by Gasteiger charge is 2.19. The number of nitrogens with one attached hydrogen (secondary N) is 1. The van der Waals surface area contributed by atoms with Gasteiger partial charge in [0.1, 0.15) is 5.75 Å². The number of benzene rings is 1. The Balaban J connectivity index is 1.26. The molecule has 3 aromatic rings. The third-order valence-electron chi connectivity index (χ3n) is 4.99. The highest BCUT2D eigenvalue weighted by Crippen LogP contribution is 2.22. The van der Waals surface area contributed by atoms with Gasteiger partial charge in [0.05, 0.1) is 7.11 Å². The summed E-state index contributed by atoms with van der Waals surface area (Å²) in [5.41, 5.74) is 1.18. The molecule has 0 unspecified atom stereocenters. The van der Waals surface area contributed by atoms with Crippen molar-refractivity contribution in [1.82, 2.24) is 19.5 Å². The number of hydrogen-bond donors (Lipinski definition) is 1. The Labute approximate surface area is 161 Å². The molecule has 0 spiro atoms. The molecule has 0 bridgehead atoms. The molecule has 1 aromatic carbocycles. The summed E-state index contributed by atoms with van der Waals surface area (Å²) >= 11 is 1.41. The van der Waals surface area contributed by atoms with Crippen LogP contribution in [0.25, 0.3) is 4.96 Å². The van der Waals surface area contributed by atoms with Gasteiger partial charge in [0.15, 0.2) is 0 Å². The van der Waals surface area contributed by atoms with E-state index in [0.29, 0.717) is 10.9 Å². The first-order valence-electron chi connectivity index (χ1n) is 9.15. The molecule has 0 aliphatic carbocycles.